The second-order valence-corrected chi connectivity index (χ2v) is 10.1. The number of rotatable bonds is 8. The molecule has 0 aromatic heterocycles. The van der Waals surface area contributed by atoms with E-state index in [0.29, 0.717) is 61.6 Å². The van der Waals surface area contributed by atoms with E-state index in [2.05, 4.69) is 30.1 Å². The summed E-state index contributed by atoms with van der Waals surface area (Å²) in [5.74, 6) is 1.71. The molecule has 2 fully saturated rings. The zero-order valence-corrected chi connectivity index (χ0v) is 21.6. The van der Waals surface area contributed by atoms with Crippen LogP contribution in [0, 0.1) is 41.2 Å². The van der Waals surface area contributed by atoms with Crippen molar-refractivity contribution in [1.29, 1.82) is 5.26 Å². The monoisotopic (exact) mass is 494 g/mol. The molecular weight excluding hydrogens is 456 g/mol. The average Bonchev–Trinajstić information content (AvgIpc) is 3.37. The summed E-state index contributed by atoms with van der Waals surface area (Å²) in [6.07, 6.45) is 4.27. The third kappa shape index (κ3) is 6.89. The number of ether oxygens (including phenoxy) is 1. The Morgan fingerprint density at radius 2 is 1.92 bits per heavy atom. The molecule has 0 aliphatic carbocycles. The molecule has 9 nitrogen and oxygen atoms in total. The molecular formula is C27H38N6O3. The SMILES string of the molecule is CC(C)/C(N)=N/C(=O)N1CCC([C@H](C)CCOc2c#cc([C@H](N)C(=O)N3CCC[C@H]3C#N)cc2)CC1. The molecule has 2 aliphatic heterocycles. The molecule has 3 rings (SSSR count). The molecule has 1 aromatic carbocycles. The number of likely N-dealkylation sites (tertiary alicyclic amines) is 2. The lowest BCUT2D eigenvalue weighted by atomic mass is 9.84. The van der Waals surface area contributed by atoms with Crippen LogP contribution in [-0.4, -0.2) is 59.9 Å². The third-order valence-electron chi connectivity index (χ3n) is 7.29. The standard InChI is InChI=1S/C27H38N6O3/c1-18(2)25(30)31-27(35)32-14-10-20(11-15-32)19(3)12-16-36-23-8-6-21(7-9-23)24(29)26(34)33-13-4-5-22(33)17-28/h6,8,18-20,22,24H,4-5,10-16,29H2,1-3H3,(H2,30,31,35)/t19-,22+,24+/m1/s1. The minimum absolute atomic E-state index is 0.0592. The van der Waals surface area contributed by atoms with Gasteiger partial charge in [-0.2, -0.15) is 10.3 Å². The summed E-state index contributed by atoms with van der Waals surface area (Å²) in [6.45, 7) is 8.55. The third-order valence-corrected chi connectivity index (χ3v) is 7.29. The van der Waals surface area contributed by atoms with Crippen LogP contribution in [0.2, 0.25) is 0 Å². The van der Waals surface area contributed by atoms with E-state index in [0.717, 1.165) is 25.7 Å². The molecule has 0 saturated carbocycles. The highest BCUT2D eigenvalue weighted by Gasteiger charge is 2.32. The van der Waals surface area contributed by atoms with Crippen molar-refractivity contribution in [3.8, 4) is 11.8 Å². The summed E-state index contributed by atoms with van der Waals surface area (Å²) in [5.41, 5.74) is 12.5. The first-order valence-electron chi connectivity index (χ1n) is 12.9. The summed E-state index contributed by atoms with van der Waals surface area (Å²) in [6, 6.07) is 10.1. The van der Waals surface area contributed by atoms with E-state index in [1.165, 1.54) is 0 Å². The van der Waals surface area contributed by atoms with Crippen molar-refractivity contribution in [2.24, 2.45) is 34.2 Å². The highest BCUT2D eigenvalue weighted by molar-refractivity contribution is 5.93. The number of piperidine rings is 1. The fourth-order valence-electron chi connectivity index (χ4n) is 4.69. The van der Waals surface area contributed by atoms with Crippen molar-refractivity contribution in [3.05, 3.63) is 29.8 Å². The van der Waals surface area contributed by atoms with Crippen LogP contribution in [0.4, 0.5) is 4.79 Å². The fourth-order valence-corrected chi connectivity index (χ4v) is 4.69. The fraction of sp³-hybridized carbons (Fsp3) is 0.630. The van der Waals surface area contributed by atoms with Gasteiger partial charge in [-0.1, -0.05) is 26.8 Å². The maximum atomic E-state index is 12.7. The molecule has 0 bridgehead atoms. The van der Waals surface area contributed by atoms with E-state index < -0.39 is 12.1 Å². The molecule has 36 heavy (non-hydrogen) atoms. The summed E-state index contributed by atoms with van der Waals surface area (Å²) < 4.78 is 5.86. The number of hydrogen-bond acceptors (Lipinski definition) is 5. The number of urea groups is 1. The first-order chi connectivity index (χ1) is 17.2. The van der Waals surface area contributed by atoms with Gasteiger partial charge in [0, 0.05) is 31.1 Å². The minimum Gasteiger partial charge on any atom is -0.485 e. The van der Waals surface area contributed by atoms with Gasteiger partial charge in [0.15, 0.2) is 5.75 Å². The lowest BCUT2D eigenvalue weighted by Gasteiger charge is -2.34. The van der Waals surface area contributed by atoms with Crippen molar-refractivity contribution in [2.45, 2.75) is 65.0 Å². The van der Waals surface area contributed by atoms with Gasteiger partial charge in [-0.15, -0.1) is 0 Å². The molecule has 0 radical (unpaired) electrons. The van der Waals surface area contributed by atoms with Crippen LogP contribution in [-0.2, 0) is 4.79 Å². The van der Waals surface area contributed by atoms with Crippen molar-refractivity contribution < 1.29 is 14.3 Å². The maximum Gasteiger partial charge on any atom is 0.345 e. The highest BCUT2D eigenvalue weighted by Crippen LogP contribution is 2.28. The average molecular weight is 495 g/mol. The van der Waals surface area contributed by atoms with E-state index in [4.69, 9.17) is 16.2 Å². The van der Waals surface area contributed by atoms with Gasteiger partial charge in [0.1, 0.15) is 17.9 Å². The maximum absolute atomic E-state index is 12.7. The van der Waals surface area contributed by atoms with Crippen molar-refractivity contribution >= 4 is 17.8 Å². The second kappa shape index (κ2) is 12.6. The van der Waals surface area contributed by atoms with Gasteiger partial charge in [-0.05, 0) is 62.1 Å². The Kier molecular flexibility index (Phi) is 9.55. The largest absolute Gasteiger partial charge is 0.485 e. The van der Waals surface area contributed by atoms with Gasteiger partial charge < -0.3 is 26.0 Å². The Morgan fingerprint density at radius 3 is 2.53 bits per heavy atom. The second-order valence-electron chi connectivity index (χ2n) is 10.1. The summed E-state index contributed by atoms with van der Waals surface area (Å²) in [4.78, 5) is 32.3. The number of nitrogens with zero attached hydrogens (tertiary/aromatic N) is 4. The van der Waals surface area contributed by atoms with Gasteiger partial charge in [0.2, 0.25) is 5.91 Å². The molecule has 2 heterocycles. The quantitative estimate of drug-likeness (QED) is 0.421. The Hall–Kier alpha value is -3.30. The van der Waals surface area contributed by atoms with Gasteiger partial charge in [-0.3, -0.25) is 4.79 Å². The summed E-state index contributed by atoms with van der Waals surface area (Å²) >= 11 is 0. The van der Waals surface area contributed by atoms with Gasteiger partial charge in [0.05, 0.1) is 12.7 Å². The lowest BCUT2D eigenvalue weighted by molar-refractivity contribution is -0.132. The number of carbonyl (C=O) groups is 2. The van der Waals surface area contributed by atoms with Gasteiger partial charge in [0.25, 0.3) is 0 Å². The predicted molar refractivity (Wildman–Crippen MR) is 137 cm³/mol. The number of amides is 3. The number of nitrogens with two attached hydrogens (primary N) is 2. The van der Waals surface area contributed by atoms with E-state index in [1.807, 2.05) is 13.8 Å². The number of carbonyl (C=O) groups excluding carboxylic acids is 2. The van der Waals surface area contributed by atoms with Gasteiger partial charge >= 0.3 is 6.03 Å². The smallest absolute Gasteiger partial charge is 0.345 e. The van der Waals surface area contributed by atoms with Crippen LogP contribution < -0.4 is 16.2 Å². The van der Waals surface area contributed by atoms with Crippen LogP contribution in [0.1, 0.15) is 64.5 Å². The highest BCUT2D eigenvalue weighted by atomic mass is 16.5. The van der Waals surface area contributed by atoms with Crippen LogP contribution in [0.3, 0.4) is 0 Å². The Labute approximate surface area is 214 Å². The Bertz CT molecular complexity index is 963. The molecule has 0 unspecified atom stereocenters. The van der Waals surface area contributed by atoms with E-state index in [1.54, 1.807) is 21.9 Å². The van der Waals surface area contributed by atoms with Crippen molar-refractivity contribution in [3.63, 3.8) is 0 Å². The number of nitriles is 1. The van der Waals surface area contributed by atoms with Crippen LogP contribution >= 0.6 is 0 Å². The van der Waals surface area contributed by atoms with Crippen LogP contribution in [0.15, 0.2) is 17.1 Å². The Morgan fingerprint density at radius 1 is 1.19 bits per heavy atom. The molecule has 194 valence electrons. The van der Waals surface area contributed by atoms with E-state index >= 15 is 0 Å². The topological polar surface area (TPSA) is 138 Å². The van der Waals surface area contributed by atoms with Crippen molar-refractivity contribution in [1.82, 2.24) is 9.80 Å². The Balaban J connectivity index is 1.41. The van der Waals surface area contributed by atoms with E-state index in [9.17, 15) is 14.9 Å². The molecule has 3 amide bonds. The zero-order valence-electron chi connectivity index (χ0n) is 21.6. The molecule has 1 aromatic rings. The normalized spacial score (nSPS) is 20.6. The molecule has 2 aliphatic rings. The molecule has 9 heteroatoms. The lowest BCUT2D eigenvalue weighted by Crippen LogP contribution is -2.40. The first-order valence-corrected chi connectivity index (χ1v) is 12.9. The summed E-state index contributed by atoms with van der Waals surface area (Å²) in [7, 11) is 0. The zero-order chi connectivity index (χ0) is 26.2. The van der Waals surface area contributed by atoms with Gasteiger partial charge in [-0.25, -0.2) is 4.79 Å². The van der Waals surface area contributed by atoms with E-state index in [-0.39, 0.29) is 17.9 Å². The molecule has 2 saturated heterocycles. The van der Waals surface area contributed by atoms with Crippen molar-refractivity contribution in [2.75, 3.05) is 26.2 Å². The summed E-state index contributed by atoms with van der Waals surface area (Å²) in [5, 5.41) is 9.22. The van der Waals surface area contributed by atoms with Crippen LogP contribution in [0.5, 0.6) is 5.75 Å². The number of amidine groups is 1. The minimum atomic E-state index is -0.866. The predicted octanol–water partition coefficient (Wildman–Crippen LogP) is 3.05. The number of hydrogen-bond donors (Lipinski definition) is 2. The molecule has 0 spiro atoms. The first kappa shape index (κ1) is 27.3. The number of aliphatic imine (C=N–C) groups is 1. The molecule has 3 atom stereocenters. The molecule has 4 N–H and O–H groups in total. The van der Waals surface area contributed by atoms with Crippen LogP contribution in [0.25, 0.3) is 0 Å².